The van der Waals surface area contributed by atoms with Crippen LogP contribution in [0.5, 0.6) is 5.75 Å². The highest BCUT2D eigenvalue weighted by Crippen LogP contribution is 2.43. The van der Waals surface area contributed by atoms with Crippen LogP contribution in [-0.2, 0) is 0 Å². The largest absolute Gasteiger partial charge is 0.495 e. The van der Waals surface area contributed by atoms with Gasteiger partial charge in [-0.25, -0.2) is 23.3 Å². The average molecular weight is 402 g/mol. The van der Waals surface area contributed by atoms with Crippen molar-refractivity contribution in [2.45, 2.75) is 37.8 Å². The van der Waals surface area contributed by atoms with Gasteiger partial charge >= 0.3 is 0 Å². The number of fused-ring (bicyclic) bond motifs is 1. The van der Waals surface area contributed by atoms with E-state index in [1.165, 1.54) is 6.07 Å². The third-order valence-corrected chi connectivity index (χ3v) is 5.07. The summed E-state index contributed by atoms with van der Waals surface area (Å²) in [6.07, 6.45) is 4.76. The SMILES string of the molecule is COc1cc2ncc(-c3ccc(F)c(N)n3)n2nc1C1CC1.FC1CCNCC1. The van der Waals surface area contributed by atoms with E-state index in [4.69, 9.17) is 10.5 Å². The molecule has 1 saturated heterocycles. The molecule has 1 aliphatic heterocycles. The Kier molecular flexibility index (Phi) is 5.57. The number of alkyl halides is 1. The van der Waals surface area contributed by atoms with Crippen LogP contribution in [0.25, 0.3) is 17.0 Å². The maximum Gasteiger partial charge on any atom is 0.165 e. The van der Waals surface area contributed by atoms with E-state index in [-0.39, 0.29) is 5.82 Å². The summed E-state index contributed by atoms with van der Waals surface area (Å²) in [5, 5.41) is 7.73. The summed E-state index contributed by atoms with van der Waals surface area (Å²) in [5.74, 6) is 0.508. The fourth-order valence-electron chi connectivity index (χ4n) is 3.28. The number of nitrogens with one attached hydrogen (secondary N) is 1. The summed E-state index contributed by atoms with van der Waals surface area (Å²) in [5.41, 5.74) is 8.33. The van der Waals surface area contributed by atoms with E-state index in [2.05, 4.69) is 20.4 Å². The van der Waals surface area contributed by atoms with Crippen LogP contribution in [0.2, 0.25) is 0 Å². The van der Waals surface area contributed by atoms with Crippen molar-refractivity contribution in [3.05, 3.63) is 35.9 Å². The monoisotopic (exact) mass is 402 g/mol. The Bertz CT molecular complexity index is 998. The number of piperidine rings is 1. The number of halogens is 2. The van der Waals surface area contributed by atoms with Crippen LogP contribution in [0, 0.1) is 5.82 Å². The minimum atomic E-state index is -0.536. The Labute approximate surface area is 167 Å². The fourth-order valence-corrected chi connectivity index (χ4v) is 3.28. The molecule has 1 saturated carbocycles. The summed E-state index contributed by atoms with van der Waals surface area (Å²) in [6.45, 7) is 1.72. The normalized spacial score (nSPS) is 17.1. The number of pyridine rings is 1. The molecule has 1 aliphatic carbocycles. The van der Waals surface area contributed by atoms with Gasteiger partial charge in [0, 0.05) is 12.0 Å². The Balaban J connectivity index is 0.000000249. The third-order valence-electron chi connectivity index (χ3n) is 5.07. The van der Waals surface area contributed by atoms with E-state index in [1.807, 2.05) is 6.07 Å². The van der Waals surface area contributed by atoms with Gasteiger partial charge in [0.05, 0.1) is 19.0 Å². The molecule has 0 aromatic carbocycles. The van der Waals surface area contributed by atoms with Gasteiger partial charge in [0.15, 0.2) is 17.3 Å². The van der Waals surface area contributed by atoms with Crippen LogP contribution >= 0.6 is 0 Å². The highest BCUT2D eigenvalue weighted by atomic mass is 19.1. The number of ether oxygens (including phenoxy) is 1. The van der Waals surface area contributed by atoms with E-state index in [1.54, 1.807) is 23.9 Å². The summed E-state index contributed by atoms with van der Waals surface area (Å²) in [7, 11) is 1.63. The molecule has 0 radical (unpaired) electrons. The lowest BCUT2D eigenvalue weighted by Gasteiger charge is -2.14. The number of rotatable bonds is 3. The maximum absolute atomic E-state index is 13.3. The zero-order valence-corrected chi connectivity index (χ0v) is 16.2. The van der Waals surface area contributed by atoms with Crippen molar-refractivity contribution >= 4 is 11.5 Å². The van der Waals surface area contributed by atoms with Crippen molar-refractivity contribution in [2.75, 3.05) is 25.9 Å². The number of anilines is 1. The van der Waals surface area contributed by atoms with Crippen LogP contribution in [0.15, 0.2) is 24.4 Å². The molecule has 0 unspecified atom stereocenters. The fraction of sp³-hybridized carbons (Fsp3) is 0.450. The number of methoxy groups -OCH3 is 1. The molecule has 3 aromatic rings. The van der Waals surface area contributed by atoms with Crippen LogP contribution in [0.1, 0.15) is 37.3 Å². The van der Waals surface area contributed by atoms with E-state index >= 15 is 0 Å². The molecule has 9 heteroatoms. The minimum Gasteiger partial charge on any atom is -0.495 e. The molecule has 0 atom stereocenters. The van der Waals surface area contributed by atoms with Gasteiger partial charge < -0.3 is 15.8 Å². The lowest BCUT2D eigenvalue weighted by Crippen LogP contribution is -2.28. The smallest absolute Gasteiger partial charge is 0.165 e. The summed E-state index contributed by atoms with van der Waals surface area (Å²) in [6, 6.07) is 4.72. The number of aromatic nitrogens is 4. The molecule has 5 rings (SSSR count). The predicted molar refractivity (Wildman–Crippen MR) is 106 cm³/mol. The van der Waals surface area contributed by atoms with Crippen molar-refractivity contribution in [3.63, 3.8) is 0 Å². The Hall–Kier alpha value is -2.81. The first kappa shape index (κ1) is 19.5. The summed E-state index contributed by atoms with van der Waals surface area (Å²) in [4.78, 5) is 8.39. The maximum atomic E-state index is 13.3. The van der Waals surface area contributed by atoms with E-state index in [0.29, 0.717) is 35.8 Å². The molecule has 7 nitrogen and oxygen atoms in total. The summed E-state index contributed by atoms with van der Waals surface area (Å²) >= 11 is 0. The van der Waals surface area contributed by atoms with E-state index < -0.39 is 12.0 Å². The first-order valence-electron chi connectivity index (χ1n) is 9.76. The second-order valence-electron chi connectivity index (χ2n) is 7.27. The molecule has 0 spiro atoms. The van der Waals surface area contributed by atoms with Crippen molar-refractivity contribution in [1.29, 1.82) is 0 Å². The van der Waals surface area contributed by atoms with Gasteiger partial charge in [-0.05, 0) is 50.9 Å². The number of hydrogen-bond donors (Lipinski definition) is 2. The van der Waals surface area contributed by atoms with Gasteiger partial charge in [0.2, 0.25) is 0 Å². The molecular formula is C20H24F2N6O. The van der Waals surface area contributed by atoms with Gasteiger partial charge in [0.1, 0.15) is 23.3 Å². The molecule has 0 bridgehead atoms. The van der Waals surface area contributed by atoms with Crippen molar-refractivity contribution in [3.8, 4) is 17.1 Å². The Morgan fingerprint density at radius 3 is 2.55 bits per heavy atom. The van der Waals surface area contributed by atoms with Gasteiger partial charge in [-0.15, -0.1) is 0 Å². The Morgan fingerprint density at radius 2 is 1.97 bits per heavy atom. The second kappa shape index (κ2) is 8.28. The molecule has 4 heterocycles. The minimum absolute atomic E-state index is 0.136. The number of imidazole rings is 1. The lowest BCUT2D eigenvalue weighted by molar-refractivity contribution is 0.262. The predicted octanol–water partition coefficient (Wildman–Crippen LogP) is 3.11. The molecule has 3 aromatic heterocycles. The van der Waals surface area contributed by atoms with Crippen molar-refractivity contribution < 1.29 is 13.5 Å². The molecule has 2 aliphatic rings. The second-order valence-corrected chi connectivity index (χ2v) is 7.27. The number of hydrogen-bond acceptors (Lipinski definition) is 6. The quantitative estimate of drug-likeness (QED) is 0.700. The number of nitrogens with two attached hydrogens (primary N) is 1. The molecule has 0 amide bonds. The topological polar surface area (TPSA) is 90.4 Å². The molecule has 154 valence electrons. The first-order valence-corrected chi connectivity index (χ1v) is 9.76. The standard InChI is InChI=1S/C15H14FN5O.C5H10FN/c1-22-12-6-13-18-7-11(10-5-4-9(16)15(17)19-10)21(13)20-14(12)8-2-3-8;6-5-1-3-7-4-2-5/h4-8H,2-3H2,1H3,(H2,17,19);5,7H,1-4H2. The van der Waals surface area contributed by atoms with Crippen molar-refractivity contribution in [1.82, 2.24) is 24.9 Å². The molecule has 3 N–H and O–H groups in total. The molecule has 2 fully saturated rings. The zero-order valence-electron chi connectivity index (χ0n) is 16.2. The van der Waals surface area contributed by atoms with Crippen LogP contribution < -0.4 is 15.8 Å². The zero-order chi connectivity index (χ0) is 20.4. The van der Waals surface area contributed by atoms with Crippen LogP contribution in [0.4, 0.5) is 14.6 Å². The first-order chi connectivity index (χ1) is 14.1. The van der Waals surface area contributed by atoms with Gasteiger partial charge in [0.25, 0.3) is 0 Å². The number of nitrogen functional groups attached to an aromatic ring is 1. The number of nitrogens with zero attached hydrogens (tertiary/aromatic N) is 4. The van der Waals surface area contributed by atoms with Gasteiger partial charge in [-0.1, -0.05) is 0 Å². The molecule has 29 heavy (non-hydrogen) atoms. The Morgan fingerprint density at radius 1 is 1.21 bits per heavy atom. The highest BCUT2D eigenvalue weighted by Gasteiger charge is 2.29. The lowest BCUT2D eigenvalue weighted by atomic mass is 10.1. The van der Waals surface area contributed by atoms with Crippen LogP contribution in [0.3, 0.4) is 0 Å². The van der Waals surface area contributed by atoms with Gasteiger partial charge in [-0.2, -0.15) is 5.10 Å². The van der Waals surface area contributed by atoms with Gasteiger partial charge in [-0.3, -0.25) is 0 Å². The molecular weight excluding hydrogens is 378 g/mol. The average Bonchev–Trinajstić information content (AvgIpc) is 3.50. The van der Waals surface area contributed by atoms with E-state index in [0.717, 1.165) is 37.4 Å². The third kappa shape index (κ3) is 4.29. The van der Waals surface area contributed by atoms with Crippen LogP contribution in [-0.4, -0.2) is 46.0 Å². The van der Waals surface area contributed by atoms with E-state index in [9.17, 15) is 8.78 Å². The van der Waals surface area contributed by atoms with Crippen molar-refractivity contribution in [2.24, 2.45) is 0 Å². The highest BCUT2D eigenvalue weighted by molar-refractivity contribution is 5.62. The summed E-state index contributed by atoms with van der Waals surface area (Å²) < 4.78 is 32.5.